The van der Waals surface area contributed by atoms with Crippen molar-refractivity contribution < 1.29 is 4.52 Å². The highest BCUT2D eigenvalue weighted by molar-refractivity contribution is 5.80. The maximum Gasteiger partial charge on any atom is 0.258 e. The van der Waals surface area contributed by atoms with E-state index < -0.39 is 0 Å². The van der Waals surface area contributed by atoms with Gasteiger partial charge in [-0.1, -0.05) is 5.16 Å². The van der Waals surface area contributed by atoms with Gasteiger partial charge in [0.05, 0.1) is 11.0 Å². The number of aromatic nitrogens is 4. The molecule has 0 amide bonds. The summed E-state index contributed by atoms with van der Waals surface area (Å²) in [7, 11) is 2.02. The number of imidazole rings is 1. The molecule has 0 saturated heterocycles. The monoisotopic (exact) mass is 254 g/mol. The molecule has 0 spiro atoms. The van der Waals surface area contributed by atoms with Gasteiger partial charge in [0.2, 0.25) is 0 Å². The summed E-state index contributed by atoms with van der Waals surface area (Å²) in [5.41, 5.74) is 3.01. The molecule has 3 aromatic rings. The summed E-state index contributed by atoms with van der Waals surface area (Å²) in [6, 6.07) is 6.06. The van der Waals surface area contributed by atoms with Crippen molar-refractivity contribution in [3.63, 3.8) is 0 Å². The van der Waals surface area contributed by atoms with Crippen molar-refractivity contribution in [2.24, 2.45) is 7.05 Å². The van der Waals surface area contributed by atoms with Crippen LogP contribution in [-0.2, 0) is 7.05 Å². The number of benzene rings is 1. The van der Waals surface area contributed by atoms with E-state index in [4.69, 9.17) is 4.52 Å². The maximum atomic E-state index is 5.34. The van der Waals surface area contributed by atoms with Crippen molar-refractivity contribution >= 4 is 11.0 Å². The highest BCUT2D eigenvalue weighted by Gasteiger charge is 2.29. The molecule has 0 atom stereocenters. The first-order chi connectivity index (χ1) is 9.22. The largest absolute Gasteiger partial charge is 0.334 e. The summed E-state index contributed by atoms with van der Waals surface area (Å²) in [6.45, 7) is 2.00. The van der Waals surface area contributed by atoms with Crippen LogP contribution in [0.25, 0.3) is 22.5 Å². The Labute approximate surface area is 110 Å². The van der Waals surface area contributed by atoms with E-state index in [-0.39, 0.29) is 0 Å². The van der Waals surface area contributed by atoms with E-state index in [0.717, 1.165) is 28.2 Å². The molecule has 96 valence electrons. The zero-order valence-electron chi connectivity index (χ0n) is 10.9. The number of rotatable bonds is 2. The van der Waals surface area contributed by atoms with Crippen molar-refractivity contribution in [3.05, 3.63) is 29.8 Å². The van der Waals surface area contributed by atoms with Crippen LogP contribution >= 0.6 is 0 Å². The van der Waals surface area contributed by atoms with Gasteiger partial charge in [-0.25, -0.2) is 4.98 Å². The van der Waals surface area contributed by atoms with Gasteiger partial charge >= 0.3 is 0 Å². The van der Waals surface area contributed by atoms with E-state index >= 15 is 0 Å². The van der Waals surface area contributed by atoms with Gasteiger partial charge < -0.3 is 9.09 Å². The van der Waals surface area contributed by atoms with Crippen molar-refractivity contribution in [3.8, 4) is 11.5 Å². The quantitative estimate of drug-likeness (QED) is 0.705. The van der Waals surface area contributed by atoms with Crippen molar-refractivity contribution in [1.29, 1.82) is 0 Å². The molecule has 0 bridgehead atoms. The lowest BCUT2D eigenvalue weighted by atomic mass is 10.2. The van der Waals surface area contributed by atoms with Gasteiger partial charge in [0.25, 0.3) is 5.89 Å². The third kappa shape index (κ3) is 1.65. The molecule has 0 radical (unpaired) electrons. The Morgan fingerprint density at radius 1 is 1.26 bits per heavy atom. The third-order valence-electron chi connectivity index (χ3n) is 3.74. The predicted octanol–water partition coefficient (Wildman–Crippen LogP) is 2.81. The molecule has 0 unspecified atom stereocenters. The van der Waals surface area contributed by atoms with Gasteiger partial charge in [0.1, 0.15) is 5.82 Å². The summed E-state index contributed by atoms with van der Waals surface area (Å²) < 4.78 is 7.41. The molecule has 19 heavy (non-hydrogen) atoms. The van der Waals surface area contributed by atoms with Gasteiger partial charge in [-0.15, -0.1) is 0 Å². The SMILES string of the molecule is Cc1nc2cc(-c3nc(C4CC4)no3)ccc2n1C. The fourth-order valence-electron chi connectivity index (χ4n) is 2.31. The van der Waals surface area contributed by atoms with Crippen LogP contribution in [-0.4, -0.2) is 19.7 Å². The van der Waals surface area contributed by atoms with Crippen LogP contribution in [0.4, 0.5) is 0 Å². The molecule has 1 aliphatic rings. The first-order valence-electron chi connectivity index (χ1n) is 6.49. The smallest absolute Gasteiger partial charge is 0.258 e. The lowest BCUT2D eigenvalue weighted by Gasteiger charge is -1.97. The molecule has 0 N–H and O–H groups in total. The number of nitrogens with zero attached hydrogens (tertiary/aromatic N) is 4. The number of aryl methyl sites for hydroxylation is 2. The van der Waals surface area contributed by atoms with Gasteiger partial charge in [-0.2, -0.15) is 4.98 Å². The lowest BCUT2D eigenvalue weighted by Crippen LogP contribution is -1.89. The number of hydrogen-bond donors (Lipinski definition) is 0. The van der Waals surface area contributed by atoms with E-state index in [9.17, 15) is 0 Å². The zero-order chi connectivity index (χ0) is 13.0. The Balaban J connectivity index is 1.81. The highest BCUT2D eigenvalue weighted by atomic mass is 16.5. The summed E-state index contributed by atoms with van der Waals surface area (Å²) in [5, 5.41) is 4.05. The molecule has 5 nitrogen and oxygen atoms in total. The molecule has 1 fully saturated rings. The van der Waals surface area contributed by atoms with Crippen LogP contribution in [0.15, 0.2) is 22.7 Å². The topological polar surface area (TPSA) is 56.7 Å². The zero-order valence-corrected chi connectivity index (χ0v) is 10.9. The first kappa shape index (κ1) is 10.7. The van der Waals surface area contributed by atoms with Gasteiger partial charge in [-0.05, 0) is 38.0 Å². The summed E-state index contributed by atoms with van der Waals surface area (Å²) in [5.74, 6) is 2.94. The second kappa shape index (κ2) is 3.66. The lowest BCUT2D eigenvalue weighted by molar-refractivity contribution is 0.423. The number of hydrogen-bond acceptors (Lipinski definition) is 4. The van der Waals surface area contributed by atoms with Crippen molar-refractivity contribution in [2.45, 2.75) is 25.7 Å². The molecular formula is C14H14N4O. The van der Waals surface area contributed by atoms with Crippen LogP contribution in [0.5, 0.6) is 0 Å². The van der Waals surface area contributed by atoms with Crippen LogP contribution in [0.1, 0.15) is 30.4 Å². The van der Waals surface area contributed by atoms with E-state index in [1.165, 1.54) is 12.8 Å². The summed E-state index contributed by atoms with van der Waals surface area (Å²) in [6.07, 6.45) is 2.36. The fourth-order valence-corrected chi connectivity index (χ4v) is 2.31. The van der Waals surface area contributed by atoms with Gasteiger partial charge in [0, 0.05) is 18.5 Å². The van der Waals surface area contributed by atoms with Gasteiger partial charge in [-0.3, -0.25) is 0 Å². The Kier molecular flexibility index (Phi) is 2.07. The normalized spacial score (nSPS) is 15.3. The minimum Gasteiger partial charge on any atom is -0.334 e. The van der Waals surface area contributed by atoms with Crippen molar-refractivity contribution in [2.75, 3.05) is 0 Å². The standard InChI is InChI=1S/C14H14N4O/c1-8-15-11-7-10(5-6-12(11)18(8)2)14-16-13(17-19-14)9-3-4-9/h5-7,9H,3-4H2,1-2H3. The van der Waals surface area contributed by atoms with Crippen LogP contribution in [0.2, 0.25) is 0 Å². The second-order valence-electron chi connectivity index (χ2n) is 5.15. The summed E-state index contributed by atoms with van der Waals surface area (Å²) in [4.78, 5) is 8.99. The molecule has 1 saturated carbocycles. The van der Waals surface area contributed by atoms with Crippen molar-refractivity contribution in [1.82, 2.24) is 19.7 Å². The molecular weight excluding hydrogens is 240 g/mol. The molecule has 1 aliphatic carbocycles. The van der Waals surface area contributed by atoms with Crippen LogP contribution in [0.3, 0.4) is 0 Å². The molecule has 2 aromatic heterocycles. The van der Waals surface area contributed by atoms with E-state index in [0.29, 0.717) is 11.8 Å². The molecule has 4 rings (SSSR count). The fraction of sp³-hybridized carbons (Fsp3) is 0.357. The Hall–Kier alpha value is -2.17. The Morgan fingerprint density at radius 3 is 2.89 bits per heavy atom. The van der Waals surface area contributed by atoms with Gasteiger partial charge in [0.15, 0.2) is 5.82 Å². The Bertz CT molecular complexity index is 767. The van der Waals surface area contributed by atoms with E-state index in [1.54, 1.807) is 0 Å². The minimum atomic E-state index is 0.512. The molecule has 1 aromatic carbocycles. The molecule has 5 heteroatoms. The predicted molar refractivity (Wildman–Crippen MR) is 70.7 cm³/mol. The maximum absolute atomic E-state index is 5.34. The average molecular weight is 254 g/mol. The van der Waals surface area contributed by atoms with Crippen LogP contribution < -0.4 is 0 Å². The minimum absolute atomic E-state index is 0.512. The van der Waals surface area contributed by atoms with E-state index in [1.807, 2.05) is 32.2 Å². The second-order valence-corrected chi connectivity index (χ2v) is 5.15. The average Bonchev–Trinajstić information content (AvgIpc) is 3.08. The molecule has 0 aliphatic heterocycles. The Morgan fingerprint density at radius 2 is 2.11 bits per heavy atom. The first-order valence-corrected chi connectivity index (χ1v) is 6.49. The van der Waals surface area contributed by atoms with Crippen LogP contribution in [0, 0.1) is 6.92 Å². The van der Waals surface area contributed by atoms with E-state index in [2.05, 4.69) is 19.7 Å². The highest BCUT2D eigenvalue weighted by Crippen LogP contribution is 2.39. The molecule has 2 heterocycles. The number of fused-ring (bicyclic) bond motifs is 1. The summed E-state index contributed by atoms with van der Waals surface area (Å²) >= 11 is 0. The third-order valence-corrected chi connectivity index (χ3v) is 3.74.